The summed E-state index contributed by atoms with van der Waals surface area (Å²) in [6, 6.07) is 12.7. The first-order chi connectivity index (χ1) is 14.9. The van der Waals surface area contributed by atoms with Crippen LogP contribution in [0.4, 0.5) is 15.8 Å². The molecule has 166 valence electrons. The number of anilines is 2. The molecule has 1 N–H and O–H groups in total. The van der Waals surface area contributed by atoms with E-state index in [0.29, 0.717) is 23.9 Å². The van der Waals surface area contributed by atoms with Gasteiger partial charge in [-0.05, 0) is 48.7 Å². The molecule has 2 fully saturated rings. The Morgan fingerprint density at radius 2 is 1.90 bits per heavy atom. The summed E-state index contributed by atoms with van der Waals surface area (Å²) in [7, 11) is 1.57. The first kappa shape index (κ1) is 21.3. The van der Waals surface area contributed by atoms with Crippen molar-refractivity contribution < 1.29 is 23.8 Å². The zero-order valence-corrected chi connectivity index (χ0v) is 18.0. The number of carbonyl (C=O) groups is 1. The van der Waals surface area contributed by atoms with Crippen molar-refractivity contribution in [2.45, 2.75) is 38.3 Å². The Kier molecular flexibility index (Phi) is 6.20. The van der Waals surface area contributed by atoms with Gasteiger partial charge in [-0.2, -0.15) is 0 Å². The largest absolute Gasteiger partial charge is 0.497 e. The Balaban J connectivity index is 1.38. The smallest absolute Gasteiger partial charge is 0.305 e. The Labute approximate surface area is 182 Å². The number of carboxylic acid groups (broad SMARTS) is 1. The van der Waals surface area contributed by atoms with Crippen molar-refractivity contribution >= 4 is 17.3 Å². The molecular formula is C24H29FN2O4. The maximum atomic E-state index is 14.3. The van der Waals surface area contributed by atoms with E-state index in [9.17, 15) is 14.3 Å². The molecule has 6 nitrogen and oxygen atoms in total. The van der Waals surface area contributed by atoms with Gasteiger partial charge in [-0.25, -0.2) is 4.39 Å². The summed E-state index contributed by atoms with van der Waals surface area (Å²) in [5, 5.41) is 9.20. The predicted octanol–water partition coefficient (Wildman–Crippen LogP) is 4.18. The molecule has 0 bridgehead atoms. The molecule has 31 heavy (non-hydrogen) atoms. The van der Waals surface area contributed by atoms with Gasteiger partial charge < -0.3 is 24.4 Å². The topological polar surface area (TPSA) is 62.2 Å². The number of rotatable bonds is 7. The molecule has 0 aliphatic carbocycles. The highest BCUT2D eigenvalue weighted by Crippen LogP contribution is 2.33. The fourth-order valence-corrected chi connectivity index (χ4v) is 4.68. The molecule has 2 aliphatic heterocycles. The number of halogens is 1. The van der Waals surface area contributed by atoms with Gasteiger partial charge in [-0.1, -0.05) is 6.92 Å². The summed E-state index contributed by atoms with van der Waals surface area (Å²) >= 11 is 0. The van der Waals surface area contributed by atoms with Gasteiger partial charge in [0.15, 0.2) is 0 Å². The molecule has 2 aromatic carbocycles. The van der Waals surface area contributed by atoms with Crippen molar-refractivity contribution in [3.63, 3.8) is 0 Å². The zero-order valence-electron chi connectivity index (χ0n) is 18.0. The van der Waals surface area contributed by atoms with Gasteiger partial charge in [0, 0.05) is 37.3 Å². The van der Waals surface area contributed by atoms with Crippen molar-refractivity contribution in [3.8, 4) is 11.5 Å². The van der Waals surface area contributed by atoms with Crippen molar-refractivity contribution in [1.82, 2.24) is 0 Å². The second-order valence-corrected chi connectivity index (χ2v) is 8.53. The highest BCUT2D eigenvalue weighted by atomic mass is 19.1. The average Bonchev–Trinajstić information content (AvgIpc) is 3.35. The third kappa shape index (κ3) is 4.86. The fraction of sp³-hybridized carbons (Fsp3) is 0.458. The molecular weight excluding hydrogens is 399 g/mol. The lowest BCUT2D eigenvalue weighted by Crippen LogP contribution is -2.31. The summed E-state index contributed by atoms with van der Waals surface area (Å²) in [6.45, 7) is 4.34. The van der Waals surface area contributed by atoms with Crippen LogP contribution in [0, 0.1) is 11.7 Å². The summed E-state index contributed by atoms with van der Waals surface area (Å²) in [4.78, 5) is 15.4. The van der Waals surface area contributed by atoms with Gasteiger partial charge in [0.25, 0.3) is 0 Å². The first-order valence-electron chi connectivity index (χ1n) is 10.8. The number of carboxylic acids is 1. The van der Waals surface area contributed by atoms with Gasteiger partial charge in [-0.15, -0.1) is 0 Å². The quantitative estimate of drug-likeness (QED) is 0.714. The SMILES string of the molecule is COc1ccc(F)c(N2CCC(Oc3ccc(N4C[C@H](C)C[C@@H]4CC(=O)O)cc3)C2)c1. The molecule has 0 amide bonds. The van der Waals surface area contributed by atoms with E-state index in [1.54, 1.807) is 19.2 Å². The van der Waals surface area contributed by atoms with E-state index in [-0.39, 0.29) is 24.4 Å². The van der Waals surface area contributed by atoms with Gasteiger partial charge in [-0.3, -0.25) is 4.79 Å². The van der Waals surface area contributed by atoms with Crippen LogP contribution in [0.3, 0.4) is 0 Å². The third-order valence-electron chi connectivity index (χ3n) is 6.14. The number of benzene rings is 2. The van der Waals surface area contributed by atoms with Crippen LogP contribution in [0.5, 0.6) is 11.5 Å². The molecule has 2 heterocycles. The Morgan fingerprint density at radius 1 is 1.16 bits per heavy atom. The van der Waals surface area contributed by atoms with E-state index in [0.717, 1.165) is 37.4 Å². The van der Waals surface area contributed by atoms with Crippen LogP contribution in [0.15, 0.2) is 42.5 Å². The lowest BCUT2D eigenvalue weighted by atomic mass is 10.1. The lowest BCUT2D eigenvalue weighted by molar-refractivity contribution is -0.137. The van der Waals surface area contributed by atoms with E-state index in [1.807, 2.05) is 29.2 Å². The van der Waals surface area contributed by atoms with Crippen molar-refractivity contribution in [2.24, 2.45) is 5.92 Å². The molecule has 7 heteroatoms. The monoisotopic (exact) mass is 428 g/mol. The minimum absolute atomic E-state index is 0.0250. The Morgan fingerprint density at radius 3 is 2.61 bits per heavy atom. The predicted molar refractivity (Wildman–Crippen MR) is 118 cm³/mol. The third-order valence-corrected chi connectivity index (χ3v) is 6.14. The van der Waals surface area contributed by atoms with Crippen LogP contribution < -0.4 is 19.3 Å². The second-order valence-electron chi connectivity index (χ2n) is 8.53. The van der Waals surface area contributed by atoms with Gasteiger partial charge in [0.2, 0.25) is 0 Å². The number of methoxy groups -OCH3 is 1. The van der Waals surface area contributed by atoms with Gasteiger partial charge >= 0.3 is 5.97 Å². The standard InChI is InChI=1S/C24H29FN2O4/c1-16-11-18(12-24(28)29)27(14-16)17-3-5-19(6-4-17)31-21-9-10-26(15-21)23-13-20(30-2)7-8-22(23)25/h3-8,13,16,18,21H,9-12,14-15H2,1-2H3,(H,28,29)/t16-,18-,21?/m1/s1. The highest BCUT2D eigenvalue weighted by molar-refractivity contribution is 5.69. The maximum absolute atomic E-state index is 14.3. The number of aliphatic carboxylic acids is 1. The molecule has 0 spiro atoms. The summed E-state index contributed by atoms with van der Waals surface area (Å²) in [5.41, 5.74) is 1.56. The minimum atomic E-state index is -0.762. The van der Waals surface area contributed by atoms with Crippen LogP contribution >= 0.6 is 0 Å². The molecule has 3 atom stereocenters. The van der Waals surface area contributed by atoms with Crippen LogP contribution in [-0.2, 0) is 4.79 Å². The Hall–Kier alpha value is -2.96. The fourth-order valence-electron chi connectivity index (χ4n) is 4.68. The van der Waals surface area contributed by atoms with E-state index < -0.39 is 5.97 Å². The normalized spacial score (nSPS) is 23.3. The van der Waals surface area contributed by atoms with Crippen LogP contribution in [0.1, 0.15) is 26.2 Å². The summed E-state index contributed by atoms with van der Waals surface area (Å²) in [6.07, 6.45) is 1.83. The second kappa shape index (κ2) is 9.04. The number of hydrogen-bond donors (Lipinski definition) is 1. The molecule has 0 saturated carbocycles. The lowest BCUT2D eigenvalue weighted by Gasteiger charge is -2.26. The van der Waals surface area contributed by atoms with E-state index in [1.165, 1.54) is 6.07 Å². The number of ether oxygens (including phenoxy) is 2. The van der Waals surface area contributed by atoms with Crippen LogP contribution in [0.2, 0.25) is 0 Å². The minimum Gasteiger partial charge on any atom is -0.497 e. The van der Waals surface area contributed by atoms with E-state index in [4.69, 9.17) is 9.47 Å². The highest BCUT2D eigenvalue weighted by Gasteiger charge is 2.31. The molecule has 1 unspecified atom stereocenters. The van der Waals surface area contributed by atoms with Crippen molar-refractivity contribution in [3.05, 3.63) is 48.3 Å². The zero-order chi connectivity index (χ0) is 22.0. The summed E-state index contributed by atoms with van der Waals surface area (Å²) in [5.74, 6) is 0.850. The number of nitrogens with zero attached hydrogens (tertiary/aromatic N) is 2. The molecule has 0 radical (unpaired) electrons. The molecule has 2 aliphatic rings. The van der Waals surface area contributed by atoms with Crippen LogP contribution in [0.25, 0.3) is 0 Å². The van der Waals surface area contributed by atoms with Crippen molar-refractivity contribution in [2.75, 3.05) is 36.5 Å². The van der Waals surface area contributed by atoms with Gasteiger partial charge in [0.05, 0.1) is 25.8 Å². The molecule has 2 saturated heterocycles. The average molecular weight is 429 g/mol. The first-order valence-corrected chi connectivity index (χ1v) is 10.8. The van der Waals surface area contributed by atoms with Crippen molar-refractivity contribution in [1.29, 1.82) is 0 Å². The van der Waals surface area contributed by atoms with Gasteiger partial charge in [0.1, 0.15) is 23.4 Å². The maximum Gasteiger partial charge on any atom is 0.305 e. The van der Waals surface area contributed by atoms with E-state index in [2.05, 4.69) is 11.8 Å². The molecule has 2 aromatic rings. The van der Waals surface area contributed by atoms with E-state index >= 15 is 0 Å². The summed E-state index contributed by atoms with van der Waals surface area (Å²) < 4.78 is 25.6. The van der Waals surface area contributed by atoms with Crippen LogP contribution in [-0.4, -0.2) is 50.0 Å². The Bertz CT molecular complexity index is 920. The molecule has 4 rings (SSSR count). The molecule has 0 aromatic heterocycles. The number of hydrogen-bond acceptors (Lipinski definition) is 5.